The van der Waals surface area contributed by atoms with Crippen molar-refractivity contribution in [2.24, 2.45) is 23.5 Å². The molecule has 9 nitrogen and oxygen atoms in total. The van der Waals surface area contributed by atoms with Crippen LogP contribution in [0.2, 0.25) is 0 Å². The molecule has 1 heterocycles. The summed E-state index contributed by atoms with van der Waals surface area (Å²) < 4.78 is 0. The van der Waals surface area contributed by atoms with Crippen molar-refractivity contribution >= 4 is 11.9 Å². The Morgan fingerprint density at radius 3 is 2.57 bits per heavy atom. The zero-order valence-electron chi connectivity index (χ0n) is 12.0. The second-order valence-corrected chi connectivity index (χ2v) is 5.50. The Hall–Kier alpha value is -2.81. The van der Waals surface area contributed by atoms with Crippen molar-refractivity contribution in [3.8, 4) is 11.4 Å². The Morgan fingerprint density at radius 2 is 1.96 bits per heavy atom. The molecule has 3 unspecified atom stereocenters. The fourth-order valence-corrected chi connectivity index (χ4v) is 2.85. The molecule has 23 heavy (non-hydrogen) atoms. The van der Waals surface area contributed by atoms with Gasteiger partial charge in [-0.15, -0.1) is 10.2 Å². The van der Waals surface area contributed by atoms with E-state index in [2.05, 4.69) is 15.4 Å². The molecule has 1 aliphatic rings. The highest BCUT2D eigenvalue weighted by atomic mass is 16.4. The molecule has 120 valence electrons. The summed E-state index contributed by atoms with van der Waals surface area (Å²) in [6, 6.07) is 8.02. The van der Waals surface area contributed by atoms with Crippen molar-refractivity contribution in [2.75, 3.05) is 0 Å². The SMILES string of the molecule is N[C@H](C(=O)O)C1C(Cn2nnc(-c3ccccc3)n2)C1C(=O)O. The van der Waals surface area contributed by atoms with Crippen LogP contribution in [0.15, 0.2) is 30.3 Å². The van der Waals surface area contributed by atoms with Crippen molar-refractivity contribution in [1.82, 2.24) is 20.2 Å². The van der Waals surface area contributed by atoms with E-state index < -0.39 is 35.7 Å². The third kappa shape index (κ3) is 2.90. The normalized spacial score (nSPS) is 24.1. The maximum Gasteiger partial charge on any atom is 0.320 e. The Morgan fingerprint density at radius 1 is 1.26 bits per heavy atom. The highest BCUT2D eigenvalue weighted by Crippen LogP contribution is 2.49. The molecular formula is C14H15N5O4. The van der Waals surface area contributed by atoms with Gasteiger partial charge in [0.2, 0.25) is 5.82 Å². The van der Waals surface area contributed by atoms with Gasteiger partial charge in [-0.2, -0.15) is 4.80 Å². The van der Waals surface area contributed by atoms with E-state index in [1.54, 1.807) is 0 Å². The van der Waals surface area contributed by atoms with Crippen LogP contribution in [0, 0.1) is 17.8 Å². The number of hydrogen-bond donors (Lipinski definition) is 3. The van der Waals surface area contributed by atoms with Crippen molar-refractivity contribution in [3.63, 3.8) is 0 Å². The van der Waals surface area contributed by atoms with Gasteiger partial charge in [0.1, 0.15) is 6.04 Å². The smallest absolute Gasteiger partial charge is 0.320 e. The van der Waals surface area contributed by atoms with E-state index in [0.29, 0.717) is 5.82 Å². The van der Waals surface area contributed by atoms with Gasteiger partial charge in [0.05, 0.1) is 12.5 Å². The van der Waals surface area contributed by atoms with Crippen molar-refractivity contribution in [3.05, 3.63) is 30.3 Å². The molecular weight excluding hydrogens is 302 g/mol. The summed E-state index contributed by atoms with van der Waals surface area (Å²) in [7, 11) is 0. The molecule has 1 aromatic heterocycles. The maximum absolute atomic E-state index is 11.2. The Labute approximate surface area is 130 Å². The van der Waals surface area contributed by atoms with E-state index in [9.17, 15) is 14.7 Å². The Bertz CT molecular complexity index is 732. The molecule has 0 radical (unpaired) electrons. The van der Waals surface area contributed by atoms with Crippen LogP contribution in [0.3, 0.4) is 0 Å². The lowest BCUT2D eigenvalue weighted by atomic mass is 10.1. The molecule has 0 amide bonds. The number of hydrogen-bond acceptors (Lipinski definition) is 6. The first-order valence-corrected chi connectivity index (χ1v) is 7.03. The number of carboxylic acid groups (broad SMARTS) is 2. The van der Waals surface area contributed by atoms with Crippen LogP contribution in [-0.4, -0.2) is 48.4 Å². The summed E-state index contributed by atoms with van der Waals surface area (Å²) in [6.07, 6.45) is 0. The van der Waals surface area contributed by atoms with Crippen LogP contribution >= 0.6 is 0 Å². The summed E-state index contributed by atoms with van der Waals surface area (Å²) in [5.74, 6) is -3.68. The van der Waals surface area contributed by atoms with Gasteiger partial charge in [-0.25, -0.2) is 0 Å². The molecule has 0 spiro atoms. The van der Waals surface area contributed by atoms with Crippen LogP contribution in [0.25, 0.3) is 11.4 Å². The molecule has 9 heteroatoms. The number of tetrazole rings is 1. The number of rotatable bonds is 6. The monoisotopic (exact) mass is 317 g/mol. The zero-order valence-corrected chi connectivity index (χ0v) is 12.0. The number of aliphatic carboxylic acids is 2. The van der Waals surface area contributed by atoms with E-state index >= 15 is 0 Å². The van der Waals surface area contributed by atoms with E-state index in [0.717, 1.165) is 5.56 Å². The van der Waals surface area contributed by atoms with Crippen molar-refractivity contribution in [1.29, 1.82) is 0 Å². The summed E-state index contributed by atoms with van der Waals surface area (Å²) >= 11 is 0. The van der Waals surface area contributed by atoms with E-state index in [4.69, 9.17) is 10.8 Å². The first-order chi connectivity index (χ1) is 11.0. The number of nitrogens with zero attached hydrogens (tertiary/aromatic N) is 4. The number of benzene rings is 1. The summed E-state index contributed by atoms with van der Waals surface area (Å²) in [5.41, 5.74) is 6.36. The average molecular weight is 317 g/mol. The number of carboxylic acids is 2. The molecule has 4 atom stereocenters. The highest BCUT2D eigenvalue weighted by Gasteiger charge is 2.59. The maximum atomic E-state index is 11.2. The highest BCUT2D eigenvalue weighted by molar-refractivity contribution is 5.80. The molecule has 0 aliphatic heterocycles. The van der Waals surface area contributed by atoms with Gasteiger partial charge in [-0.05, 0) is 11.1 Å². The van der Waals surface area contributed by atoms with Gasteiger partial charge < -0.3 is 15.9 Å². The van der Waals surface area contributed by atoms with Crippen molar-refractivity contribution < 1.29 is 19.8 Å². The zero-order chi connectivity index (χ0) is 16.6. The summed E-state index contributed by atoms with van der Waals surface area (Å²) in [6.45, 7) is 0.169. The second kappa shape index (κ2) is 5.76. The largest absolute Gasteiger partial charge is 0.481 e. The van der Waals surface area contributed by atoms with Gasteiger partial charge in [-0.3, -0.25) is 9.59 Å². The third-order valence-electron chi connectivity index (χ3n) is 4.07. The van der Waals surface area contributed by atoms with Crippen LogP contribution in [0.1, 0.15) is 0 Å². The van der Waals surface area contributed by atoms with Crippen LogP contribution in [-0.2, 0) is 16.1 Å². The summed E-state index contributed by atoms with van der Waals surface area (Å²) in [5, 5.41) is 30.2. The minimum atomic E-state index is -1.21. The molecule has 3 rings (SSSR count). The topological polar surface area (TPSA) is 144 Å². The lowest BCUT2D eigenvalue weighted by molar-refractivity contribution is -0.140. The molecule has 4 N–H and O–H groups in total. The standard InChI is InChI=1S/C14H15N5O4/c15-11(14(22)23)9-8(10(9)13(20)21)6-19-17-12(16-18-19)7-4-2-1-3-5-7/h1-5,8-11H,6,15H2,(H,20,21)(H,22,23)/t8?,9?,10?,11-/m0/s1. The molecule has 1 aliphatic carbocycles. The quantitative estimate of drug-likeness (QED) is 0.658. The summed E-state index contributed by atoms with van der Waals surface area (Å²) in [4.78, 5) is 23.5. The van der Waals surface area contributed by atoms with Crippen LogP contribution in [0.4, 0.5) is 0 Å². The predicted molar refractivity (Wildman–Crippen MR) is 77.0 cm³/mol. The molecule has 0 saturated heterocycles. The molecule has 0 bridgehead atoms. The second-order valence-electron chi connectivity index (χ2n) is 5.50. The minimum absolute atomic E-state index is 0.169. The van der Waals surface area contributed by atoms with Gasteiger partial charge in [0.25, 0.3) is 0 Å². The molecule has 1 saturated carbocycles. The number of carbonyl (C=O) groups is 2. The van der Waals surface area contributed by atoms with Crippen LogP contribution in [0.5, 0.6) is 0 Å². The van der Waals surface area contributed by atoms with Crippen molar-refractivity contribution in [2.45, 2.75) is 12.6 Å². The van der Waals surface area contributed by atoms with Gasteiger partial charge in [0.15, 0.2) is 0 Å². The Balaban J connectivity index is 1.73. The van der Waals surface area contributed by atoms with Crippen LogP contribution < -0.4 is 5.73 Å². The lowest BCUT2D eigenvalue weighted by Gasteiger charge is -2.04. The molecule has 2 aromatic rings. The van der Waals surface area contributed by atoms with E-state index in [-0.39, 0.29) is 6.54 Å². The first kappa shape index (κ1) is 15.1. The number of aromatic nitrogens is 4. The predicted octanol–water partition coefficient (Wildman–Crippen LogP) is -0.301. The minimum Gasteiger partial charge on any atom is -0.481 e. The van der Waals surface area contributed by atoms with E-state index in [1.807, 2.05) is 30.3 Å². The van der Waals surface area contributed by atoms with Gasteiger partial charge in [-0.1, -0.05) is 30.3 Å². The lowest BCUT2D eigenvalue weighted by Crippen LogP contribution is -2.34. The van der Waals surface area contributed by atoms with Gasteiger partial charge in [0, 0.05) is 11.5 Å². The average Bonchev–Trinajstić information content (AvgIpc) is 3.04. The van der Waals surface area contributed by atoms with E-state index in [1.165, 1.54) is 4.80 Å². The fraction of sp³-hybridized carbons (Fsp3) is 0.357. The number of nitrogens with two attached hydrogens (primary N) is 1. The third-order valence-corrected chi connectivity index (χ3v) is 4.07. The molecule has 1 aromatic carbocycles. The first-order valence-electron chi connectivity index (χ1n) is 7.03. The fourth-order valence-electron chi connectivity index (χ4n) is 2.85. The van der Waals surface area contributed by atoms with Gasteiger partial charge >= 0.3 is 11.9 Å². The molecule has 1 fully saturated rings. The Kier molecular flexibility index (Phi) is 3.78.